The molecule has 0 aliphatic carbocycles. The molecule has 0 aliphatic rings. The first-order valence-corrected chi connectivity index (χ1v) is 6.07. The predicted octanol–water partition coefficient (Wildman–Crippen LogP) is -0.184. The van der Waals surface area contributed by atoms with Crippen molar-refractivity contribution in [2.45, 2.75) is 19.8 Å². The maximum atomic E-state index is 11.7. The molecule has 0 unspecified atom stereocenters. The van der Waals surface area contributed by atoms with Crippen molar-refractivity contribution in [3.05, 3.63) is 0 Å². The number of nitriles is 1. The van der Waals surface area contributed by atoms with Crippen molar-refractivity contribution in [1.82, 2.24) is 15.1 Å². The van der Waals surface area contributed by atoms with Gasteiger partial charge in [0.25, 0.3) is 0 Å². The van der Waals surface area contributed by atoms with Crippen LogP contribution in [0, 0.1) is 11.3 Å². The number of likely N-dealkylation sites (N-methyl/N-ethyl adjacent to an activating group) is 2. The van der Waals surface area contributed by atoms with Gasteiger partial charge in [-0.15, -0.1) is 0 Å². The number of hydrogen-bond donors (Lipinski definition) is 1. The summed E-state index contributed by atoms with van der Waals surface area (Å²) in [6.45, 7) is 3.76. The van der Waals surface area contributed by atoms with Gasteiger partial charge in [-0.05, 0) is 14.0 Å². The van der Waals surface area contributed by atoms with E-state index in [1.54, 1.807) is 23.9 Å². The number of hydrogen-bond acceptors (Lipinski definition) is 4. The summed E-state index contributed by atoms with van der Waals surface area (Å²) in [5.41, 5.74) is 0. The molecule has 102 valence electrons. The van der Waals surface area contributed by atoms with Crippen LogP contribution in [0.25, 0.3) is 0 Å². The van der Waals surface area contributed by atoms with E-state index in [0.29, 0.717) is 39.0 Å². The average molecular weight is 254 g/mol. The third-order valence-corrected chi connectivity index (χ3v) is 2.48. The fourth-order valence-electron chi connectivity index (χ4n) is 1.40. The first-order valence-electron chi connectivity index (χ1n) is 6.07. The van der Waals surface area contributed by atoms with Crippen molar-refractivity contribution in [3.8, 4) is 6.07 Å². The van der Waals surface area contributed by atoms with Crippen molar-refractivity contribution in [3.63, 3.8) is 0 Å². The van der Waals surface area contributed by atoms with Gasteiger partial charge in [-0.25, -0.2) is 0 Å². The van der Waals surface area contributed by atoms with Gasteiger partial charge in [0.05, 0.1) is 19.0 Å². The van der Waals surface area contributed by atoms with E-state index in [4.69, 9.17) is 5.26 Å². The van der Waals surface area contributed by atoms with Gasteiger partial charge in [0.2, 0.25) is 11.8 Å². The second kappa shape index (κ2) is 9.42. The smallest absolute Gasteiger partial charge is 0.234 e. The van der Waals surface area contributed by atoms with Crippen LogP contribution in [-0.2, 0) is 9.59 Å². The molecule has 0 saturated carbocycles. The molecule has 0 heterocycles. The summed E-state index contributed by atoms with van der Waals surface area (Å²) in [5, 5.41) is 11.1. The molecule has 0 bridgehead atoms. The fraction of sp³-hybridized carbons (Fsp3) is 0.750. The monoisotopic (exact) mass is 254 g/mol. The number of nitrogens with one attached hydrogen (secondary N) is 1. The molecule has 0 atom stereocenters. The van der Waals surface area contributed by atoms with Gasteiger partial charge in [0.15, 0.2) is 0 Å². The SMILES string of the molecule is CCNC(=O)CN(C)CCC(=O)N(C)CCC#N. The lowest BCUT2D eigenvalue weighted by Gasteiger charge is -2.19. The van der Waals surface area contributed by atoms with Crippen LogP contribution in [0.4, 0.5) is 0 Å². The lowest BCUT2D eigenvalue weighted by molar-refractivity contribution is -0.130. The predicted molar refractivity (Wildman–Crippen MR) is 68.7 cm³/mol. The van der Waals surface area contributed by atoms with Crippen molar-refractivity contribution < 1.29 is 9.59 Å². The first kappa shape index (κ1) is 16.4. The highest BCUT2D eigenvalue weighted by molar-refractivity contribution is 5.78. The molecular weight excluding hydrogens is 232 g/mol. The Morgan fingerprint density at radius 2 is 1.94 bits per heavy atom. The van der Waals surface area contributed by atoms with Gasteiger partial charge < -0.3 is 10.2 Å². The van der Waals surface area contributed by atoms with Gasteiger partial charge in [-0.1, -0.05) is 0 Å². The van der Waals surface area contributed by atoms with E-state index in [0.717, 1.165) is 0 Å². The van der Waals surface area contributed by atoms with Crippen LogP contribution in [-0.4, -0.2) is 61.9 Å². The first-order chi connectivity index (χ1) is 8.51. The topological polar surface area (TPSA) is 76.4 Å². The van der Waals surface area contributed by atoms with Crippen LogP contribution in [0.2, 0.25) is 0 Å². The molecule has 0 aromatic heterocycles. The summed E-state index contributed by atoms with van der Waals surface area (Å²) in [4.78, 5) is 26.3. The third-order valence-electron chi connectivity index (χ3n) is 2.48. The Morgan fingerprint density at radius 1 is 1.28 bits per heavy atom. The quantitative estimate of drug-likeness (QED) is 0.651. The Hall–Kier alpha value is -1.61. The molecule has 1 N–H and O–H groups in total. The molecule has 0 aromatic carbocycles. The summed E-state index contributed by atoms with van der Waals surface area (Å²) in [6, 6.07) is 2.00. The van der Waals surface area contributed by atoms with Gasteiger partial charge in [0.1, 0.15) is 0 Å². The minimum Gasteiger partial charge on any atom is -0.355 e. The Labute approximate surface area is 109 Å². The molecule has 0 rings (SSSR count). The molecule has 0 aromatic rings. The van der Waals surface area contributed by atoms with Crippen LogP contribution < -0.4 is 5.32 Å². The Kier molecular flexibility index (Phi) is 8.58. The molecule has 0 saturated heterocycles. The van der Waals surface area contributed by atoms with Crippen LogP contribution in [0.15, 0.2) is 0 Å². The zero-order chi connectivity index (χ0) is 14.0. The van der Waals surface area contributed by atoms with Crippen LogP contribution in [0.5, 0.6) is 0 Å². The minimum atomic E-state index is -0.0368. The van der Waals surface area contributed by atoms with Gasteiger partial charge in [-0.3, -0.25) is 14.5 Å². The van der Waals surface area contributed by atoms with Crippen LogP contribution >= 0.6 is 0 Å². The van der Waals surface area contributed by atoms with Gasteiger partial charge in [0, 0.05) is 33.1 Å². The number of amides is 2. The second-order valence-corrected chi connectivity index (χ2v) is 4.16. The van der Waals surface area contributed by atoms with Crippen molar-refractivity contribution in [2.24, 2.45) is 0 Å². The summed E-state index contributed by atoms with van der Waals surface area (Å²) >= 11 is 0. The van der Waals surface area contributed by atoms with E-state index in [2.05, 4.69) is 5.32 Å². The van der Waals surface area contributed by atoms with Crippen molar-refractivity contribution in [1.29, 1.82) is 5.26 Å². The molecule has 2 amide bonds. The highest BCUT2D eigenvalue weighted by Crippen LogP contribution is 1.95. The summed E-state index contributed by atoms with van der Waals surface area (Å²) in [5.74, 6) is -0.0433. The Morgan fingerprint density at radius 3 is 2.50 bits per heavy atom. The van der Waals surface area contributed by atoms with Crippen LogP contribution in [0.1, 0.15) is 19.8 Å². The standard InChI is InChI=1S/C12H22N4O2/c1-4-14-11(17)10-15(2)9-6-12(18)16(3)8-5-7-13/h4-6,8-10H2,1-3H3,(H,14,17). The maximum absolute atomic E-state index is 11.7. The summed E-state index contributed by atoms with van der Waals surface area (Å²) < 4.78 is 0. The van der Waals surface area contributed by atoms with Gasteiger partial charge in [-0.2, -0.15) is 5.26 Å². The molecule has 6 heteroatoms. The molecule has 6 nitrogen and oxygen atoms in total. The van der Waals surface area contributed by atoms with E-state index in [-0.39, 0.29) is 11.8 Å². The highest BCUT2D eigenvalue weighted by Gasteiger charge is 2.11. The molecule has 0 radical (unpaired) electrons. The number of nitrogens with zero attached hydrogens (tertiary/aromatic N) is 3. The van der Waals surface area contributed by atoms with Crippen molar-refractivity contribution >= 4 is 11.8 Å². The fourth-order valence-corrected chi connectivity index (χ4v) is 1.40. The zero-order valence-electron chi connectivity index (χ0n) is 11.4. The minimum absolute atomic E-state index is 0.00648. The Balaban J connectivity index is 3.84. The van der Waals surface area contributed by atoms with Crippen molar-refractivity contribution in [2.75, 3.05) is 40.3 Å². The molecule has 18 heavy (non-hydrogen) atoms. The lowest BCUT2D eigenvalue weighted by atomic mass is 10.3. The van der Waals surface area contributed by atoms with E-state index < -0.39 is 0 Å². The number of rotatable bonds is 8. The highest BCUT2D eigenvalue weighted by atomic mass is 16.2. The molecule has 0 fully saturated rings. The zero-order valence-corrected chi connectivity index (χ0v) is 11.4. The second-order valence-electron chi connectivity index (χ2n) is 4.16. The largest absolute Gasteiger partial charge is 0.355 e. The lowest BCUT2D eigenvalue weighted by Crippen LogP contribution is -2.37. The number of carbonyl (C=O) groups excluding carboxylic acids is 2. The summed E-state index contributed by atoms with van der Waals surface area (Å²) in [7, 11) is 3.49. The summed E-state index contributed by atoms with van der Waals surface area (Å²) in [6.07, 6.45) is 0.703. The Bertz CT molecular complexity index is 312. The molecular formula is C12H22N4O2. The van der Waals surface area contributed by atoms with E-state index >= 15 is 0 Å². The average Bonchev–Trinajstić information content (AvgIpc) is 2.33. The molecule has 0 spiro atoms. The number of carbonyl (C=O) groups is 2. The van der Waals surface area contributed by atoms with E-state index in [9.17, 15) is 9.59 Å². The van der Waals surface area contributed by atoms with Crippen LogP contribution in [0.3, 0.4) is 0 Å². The van der Waals surface area contributed by atoms with E-state index in [1.807, 2.05) is 13.0 Å². The van der Waals surface area contributed by atoms with Gasteiger partial charge >= 0.3 is 0 Å². The maximum Gasteiger partial charge on any atom is 0.234 e. The normalized spacial score (nSPS) is 9.94. The van der Waals surface area contributed by atoms with E-state index in [1.165, 1.54) is 0 Å². The molecule has 0 aliphatic heterocycles. The third kappa shape index (κ3) is 7.63.